The van der Waals surface area contributed by atoms with Crippen molar-refractivity contribution in [2.75, 3.05) is 26.2 Å². The molecule has 2 aliphatic rings. The average molecular weight is 390 g/mol. The second-order valence-electron chi connectivity index (χ2n) is 7.48. The maximum Gasteiger partial charge on any atom is 0.289 e. The fourth-order valence-electron chi connectivity index (χ4n) is 3.57. The second kappa shape index (κ2) is 7.17. The number of aryl methyl sites for hydroxylation is 1. The molecule has 2 amide bonds. The average Bonchev–Trinajstić information content (AvgIpc) is 3.43. The molecule has 144 valence electrons. The lowest BCUT2D eigenvalue weighted by molar-refractivity contribution is -0.126. The van der Waals surface area contributed by atoms with E-state index in [1.807, 2.05) is 19.9 Å². The molecule has 4 rings (SSSR count). The minimum atomic E-state index is -0.169. The molecule has 2 heterocycles. The Balaban J connectivity index is 1.41. The molecule has 1 saturated heterocycles. The number of halogens is 1. The number of carbonyl (C=O) groups is 2. The predicted molar refractivity (Wildman–Crippen MR) is 104 cm³/mol. The van der Waals surface area contributed by atoms with Gasteiger partial charge in [0.05, 0.1) is 6.04 Å². The minimum Gasteiger partial charge on any atom is -0.451 e. The van der Waals surface area contributed by atoms with Crippen LogP contribution in [0.4, 0.5) is 0 Å². The van der Waals surface area contributed by atoms with Gasteiger partial charge in [-0.15, -0.1) is 0 Å². The van der Waals surface area contributed by atoms with Gasteiger partial charge in [-0.3, -0.25) is 14.5 Å². The minimum absolute atomic E-state index is 0.0854. The van der Waals surface area contributed by atoms with Crippen LogP contribution in [-0.2, 0) is 4.79 Å². The van der Waals surface area contributed by atoms with Gasteiger partial charge in [0.25, 0.3) is 5.91 Å². The van der Waals surface area contributed by atoms with E-state index in [0.717, 1.165) is 23.8 Å². The van der Waals surface area contributed by atoms with Crippen LogP contribution in [0.1, 0.15) is 35.9 Å². The smallest absolute Gasteiger partial charge is 0.289 e. The van der Waals surface area contributed by atoms with E-state index in [2.05, 4.69) is 10.2 Å². The van der Waals surface area contributed by atoms with Crippen molar-refractivity contribution in [1.82, 2.24) is 15.1 Å². The van der Waals surface area contributed by atoms with Crippen LogP contribution < -0.4 is 5.32 Å². The topological polar surface area (TPSA) is 65.8 Å². The van der Waals surface area contributed by atoms with E-state index in [-0.39, 0.29) is 17.9 Å². The molecule has 6 nitrogen and oxygen atoms in total. The SMILES string of the molecule is Cc1c(C(=O)N2CCN(C(C)C(=O)NC3CC3)CC2)oc2ccc(Cl)cc12. The summed E-state index contributed by atoms with van der Waals surface area (Å²) in [6, 6.07) is 5.57. The zero-order valence-corrected chi connectivity index (χ0v) is 16.4. The number of nitrogens with zero attached hydrogens (tertiary/aromatic N) is 2. The first-order valence-electron chi connectivity index (χ1n) is 9.46. The number of fused-ring (bicyclic) bond motifs is 1. The normalized spacial score (nSPS) is 19.3. The second-order valence-corrected chi connectivity index (χ2v) is 7.92. The van der Waals surface area contributed by atoms with Gasteiger partial charge in [-0.1, -0.05) is 11.6 Å². The fraction of sp³-hybridized carbons (Fsp3) is 0.500. The van der Waals surface area contributed by atoms with Gasteiger partial charge in [0.2, 0.25) is 5.91 Å². The van der Waals surface area contributed by atoms with Gasteiger partial charge in [0.1, 0.15) is 5.58 Å². The third kappa shape index (κ3) is 3.69. The summed E-state index contributed by atoms with van der Waals surface area (Å²) in [6.45, 7) is 6.33. The highest BCUT2D eigenvalue weighted by Gasteiger charge is 2.32. The lowest BCUT2D eigenvalue weighted by Gasteiger charge is -2.37. The number of piperazine rings is 1. The van der Waals surface area contributed by atoms with E-state index in [1.165, 1.54) is 0 Å². The molecule has 0 spiro atoms. The number of hydrogen-bond donors (Lipinski definition) is 1. The summed E-state index contributed by atoms with van der Waals surface area (Å²) in [4.78, 5) is 29.1. The summed E-state index contributed by atoms with van der Waals surface area (Å²) in [6.07, 6.45) is 2.17. The number of hydrogen-bond acceptors (Lipinski definition) is 4. The summed E-state index contributed by atoms with van der Waals surface area (Å²) >= 11 is 6.06. The Kier molecular flexibility index (Phi) is 4.86. The number of benzene rings is 1. The quantitative estimate of drug-likeness (QED) is 0.873. The van der Waals surface area contributed by atoms with Gasteiger partial charge in [0.15, 0.2) is 5.76 Å². The molecule has 0 bridgehead atoms. The summed E-state index contributed by atoms with van der Waals surface area (Å²) in [7, 11) is 0. The van der Waals surface area contributed by atoms with Crippen LogP contribution in [0.3, 0.4) is 0 Å². The summed E-state index contributed by atoms with van der Waals surface area (Å²) in [5.74, 6) is 0.358. The predicted octanol–water partition coefficient (Wildman–Crippen LogP) is 2.82. The summed E-state index contributed by atoms with van der Waals surface area (Å²) in [5, 5.41) is 4.54. The molecule has 1 saturated carbocycles. The lowest BCUT2D eigenvalue weighted by atomic mass is 10.1. The van der Waals surface area contributed by atoms with Crippen LogP contribution in [0, 0.1) is 6.92 Å². The van der Waals surface area contributed by atoms with Crippen molar-refractivity contribution in [3.8, 4) is 0 Å². The van der Waals surface area contributed by atoms with Gasteiger partial charge >= 0.3 is 0 Å². The molecular weight excluding hydrogens is 366 g/mol. The first-order chi connectivity index (χ1) is 12.9. The monoisotopic (exact) mass is 389 g/mol. The number of carbonyl (C=O) groups excluding carboxylic acids is 2. The van der Waals surface area contributed by atoms with Crippen LogP contribution in [0.15, 0.2) is 22.6 Å². The molecule has 1 aromatic heterocycles. The number of rotatable bonds is 4. The molecule has 2 aromatic rings. The van der Waals surface area contributed by atoms with Crippen molar-refractivity contribution >= 4 is 34.4 Å². The van der Waals surface area contributed by atoms with Crippen LogP contribution in [0.25, 0.3) is 11.0 Å². The largest absolute Gasteiger partial charge is 0.451 e. The maximum absolute atomic E-state index is 12.9. The Labute approximate surface area is 163 Å². The summed E-state index contributed by atoms with van der Waals surface area (Å²) in [5.41, 5.74) is 1.49. The van der Waals surface area contributed by atoms with Gasteiger partial charge < -0.3 is 14.6 Å². The molecule has 0 radical (unpaired) electrons. The number of furan rings is 1. The van der Waals surface area contributed by atoms with Gasteiger partial charge in [-0.25, -0.2) is 0 Å². The fourth-order valence-corrected chi connectivity index (χ4v) is 3.74. The molecule has 27 heavy (non-hydrogen) atoms. The molecule has 7 heteroatoms. The maximum atomic E-state index is 12.9. The number of amides is 2. The van der Waals surface area contributed by atoms with E-state index >= 15 is 0 Å². The van der Waals surface area contributed by atoms with Crippen molar-refractivity contribution < 1.29 is 14.0 Å². The highest BCUT2D eigenvalue weighted by molar-refractivity contribution is 6.31. The van der Waals surface area contributed by atoms with E-state index in [1.54, 1.807) is 17.0 Å². The van der Waals surface area contributed by atoms with Crippen molar-refractivity contribution in [3.63, 3.8) is 0 Å². The van der Waals surface area contributed by atoms with Crippen molar-refractivity contribution in [2.45, 2.75) is 38.8 Å². The highest BCUT2D eigenvalue weighted by atomic mass is 35.5. The molecular formula is C20H24ClN3O3. The first-order valence-corrected chi connectivity index (χ1v) is 9.84. The van der Waals surface area contributed by atoms with E-state index in [9.17, 15) is 9.59 Å². The van der Waals surface area contributed by atoms with Crippen molar-refractivity contribution in [3.05, 3.63) is 34.5 Å². The zero-order valence-electron chi connectivity index (χ0n) is 15.6. The molecule has 2 fully saturated rings. The number of nitrogens with one attached hydrogen (secondary N) is 1. The Morgan fingerprint density at radius 2 is 1.93 bits per heavy atom. The van der Waals surface area contributed by atoms with Crippen molar-refractivity contribution in [1.29, 1.82) is 0 Å². The van der Waals surface area contributed by atoms with Crippen LogP contribution in [0.5, 0.6) is 0 Å². The lowest BCUT2D eigenvalue weighted by Crippen LogP contribution is -2.55. The Hall–Kier alpha value is -2.05. The van der Waals surface area contributed by atoms with Gasteiger partial charge in [0, 0.05) is 48.2 Å². The standard InChI is InChI=1S/C20H24ClN3O3/c1-12-16-11-14(21)3-6-17(16)27-18(12)20(26)24-9-7-23(8-10-24)13(2)19(25)22-15-4-5-15/h3,6,11,13,15H,4-5,7-10H2,1-2H3,(H,22,25). The van der Waals surface area contributed by atoms with E-state index in [4.69, 9.17) is 16.0 Å². The van der Waals surface area contributed by atoms with Crippen LogP contribution in [-0.4, -0.2) is 59.9 Å². The Morgan fingerprint density at radius 3 is 2.59 bits per heavy atom. The Morgan fingerprint density at radius 1 is 1.22 bits per heavy atom. The molecule has 1 atom stereocenters. The van der Waals surface area contributed by atoms with Crippen molar-refractivity contribution in [2.24, 2.45) is 0 Å². The third-order valence-electron chi connectivity index (χ3n) is 5.54. The van der Waals surface area contributed by atoms with Crippen LogP contribution in [0.2, 0.25) is 5.02 Å². The van der Waals surface area contributed by atoms with Gasteiger partial charge in [-0.05, 0) is 44.9 Å². The molecule has 1 aliphatic heterocycles. The van der Waals surface area contributed by atoms with Gasteiger partial charge in [-0.2, -0.15) is 0 Å². The summed E-state index contributed by atoms with van der Waals surface area (Å²) < 4.78 is 5.80. The first kappa shape index (κ1) is 18.3. The highest BCUT2D eigenvalue weighted by Crippen LogP contribution is 2.29. The molecule has 1 unspecified atom stereocenters. The molecule has 1 aliphatic carbocycles. The Bertz CT molecular complexity index is 882. The molecule has 1 aromatic carbocycles. The zero-order chi connectivity index (χ0) is 19.1. The van der Waals surface area contributed by atoms with E-state index < -0.39 is 0 Å². The molecule has 1 N–H and O–H groups in total. The van der Waals surface area contributed by atoms with Crippen LogP contribution >= 0.6 is 11.6 Å². The van der Waals surface area contributed by atoms with E-state index in [0.29, 0.717) is 48.6 Å². The third-order valence-corrected chi connectivity index (χ3v) is 5.78.